The van der Waals surface area contributed by atoms with Crippen LogP contribution in [0.15, 0.2) is 0 Å². The summed E-state index contributed by atoms with van der Waals surface area (Å²) in [6.07, 6.45) is 4.21. The Morgan fingerprint density at radius 2 is 2.07 bits per heavy atom. The van der Waals surface area contributed by atoms with Gasteiger partial charge in [0.25, 0.3) is 0 Å². The van der Waals surface area contributed by atoms with Crippen molar-refractivity contribution in [3.05, 3.63) is 33.0 Å². The van der Waals surface area contributed by atoms with Crippen molar-refractivity contribution in [3.8, 4) is 0 Å². The molecule has 1 aliphatic rings. The highest BCUT2D eigenvalue weighted by atomic mass is 32.1. The predicted molar refractivity (Wildman–Crippen MR) is 113 cm³/mol. The number of carbonyl (C=O) groups is 1. The third kappa shape index (κ3) is 3.87. The van der Waals surface area contributed by atoms with E-state index in [0.29, 0.717) is 17.2 Å². The van der Waals surface area contributed by atoms with Crippen LogP contribution in [0, 0.1) is 13.8 Å². The van der Waals surface area contributed by atoms with Gasteiger partial charge in [0.05, 0.1) is 18.4 Å². The maximum absolute atomic E-state index is 12.4. The van der Waals surface area contributed by atoms with Crippen molar-refractivity contribution in [2.24, 2.45) is 7.05 Å². The van der Waals surface area contributed by atoms with Gasteiger partial charge in [0.2, 0.25) is 0 Å². The Morgan fingerprint density at radius 1 is 1.37 bits per heavy atom. The molecule has 0 amide bonds. The normalized spacial score (nSPS) is 13.2. The lowest BCUT2D eigenvalue weighted by Gasteiger charge is -2.21. The Kier molecular flexibility index (Phi) is 5.86. The molecule has 0 saturated heterocycles. The van der Waals surface area contributed by atoms with E-state index in [0.717, 1.165) is 47.6 Å². The third-order valence-corrected chi connectivity index (χ3v) is 6.80. The first-order valence-corrected chi connectivity index (χ1v) is 10.3. The highest BCUT2D eigenvalue weighted by Crippen LogP contribution is 2.38. The molecule has 2 aromatic rings. The van der Waals surface area contributed by atoms with Gasteiger partial charge in [-0.3, -0.25) is 4.68 Å². The highest BCUT2D eigenvalue weighted by Gasteiger charge is 2.27. The summed E-state index contributed by atoms with van der Waals surface area (Å²) >= 11 is 7.24. The number of esters is 1. The van der Waals surface area contributed by atoms with Gasteiger partial charge < -0.3 is 15.0 Å². The van der Waals surface area contributed by atoms with E-state index in [1.54, 1.807) is 11.3 Å². The number of hydrogen-bond donors (Lipinski definition) is 1. The highest BCUT2D eigenvalue weighted by molar-refractivity contribution is 7.80. The van der Waals surface area contributed by atoms with Gasteiger partial charge in [0, 0.05) is 36.8 Å². The number of thiophene rings is 1. The van der Waals surface area contributed by atoms with E-state index in [9.17, 15) is 4.79 Å². The Morgan fingerprint density at radius 3 is 2.70 bits per heavy atom. The summed E-state index contributed by atoms with van der Waals surface area (Å²) in [5.74, 6) is -0.290. The molecule has 0 bridgehead atoms. The molecule has 1 aliphatic carbocycles. The number of aromatic nitrogens is 2. The van der Waals surface area contributed by atoms with Gasteiger partial charge in [-0.1, -0.05) is 0 Å². The molecule has 2 heterocycles. The standard InChI is InChI=1S/C19H26N4O2S2/c1-11-14(12(2)23(4)21-11)10-22(3)19(26)20-17-16(18(24)25-5)13-8-6-7-9-15(13)27-17/h6-10H2,1-5H3,(H,20,26). The molecule has 0 aliphatic heterocycles. The fourth-order valence-corrected chi connectivity index (χ4v) is 5.03. The number of ether oxygens (including phenoxy) is 1. The molecule has 0 radical (unpaired) electrons. The number of anilines is 1. The third-order valence-electron chi connectivity index (χ3n) is 5.18. The van der Waals surface area contributed by atoms with Crippen LogP contribution in [0.25, 0.3) is 0 Å². The molecule has 0 unspecified atom stereocenters. The van der Waals surface area contributed by atoms with E-state index in [4.69, 9.17) is 17.0 Å². The number of hydrogen-bond acceptors (Lipinski definition) is 5. The Labute approximate surface area is 169 Å². The van der Waals surface area contributed by atoms with Crippen LogP contribution in [0.5, 0.6) is 0 Å². The molecule has 0 spiro atoms. The second-order valence-corrected chi connectivity index (χ2v) is 8.46. The van der Waals surface area contributed by atoms with Crippen LogP contribution in [0.3, 0.4) is 0 Å². The zero-order valence-electron chi connectivity index (χ0n) is 16.5. The van der Waals surface area contributed by atoms with E-state index in [2.05, 4.69) is 17.3 Å². The molecule has 0 fully saturated rings. The van der Waals surface area contributed by atoms with Gasteiger partial charge in [0.15, 0.2) is 5.11 Å². The second-order valence-electron chi connectivity index (χ2n) is 6.97. The largest absolute Gasteiger partial charge is 0.465 e. The summed E-state index contributed by atoms with van der Waals surface area (Å²) in [5.41, 5.74) is 5.09. The Hall–Kier alpha value is -1.93. The van der Waals surface area contributed by atoms with Crippen molar-refractivity contribution in [2.45, 2.75) is 46.1 Å². The van der Waals surface area contributed by atoms with Crippen molar-refractivity contribution < 1.29 is 9.53 Å². The Bertz CT molecular complexity index is 885. The van der Waals surface area contributed by atoms with Crippen molar-refractivity contribution >= 4 is 39.6 Å². The van der Waals surface area contributed by atoms with Crippen LogP contribution in [-0.4, -0.2) is 39.9 Å². The van der Waals surface area contributed by atoms with Gasteiger partial charge in [-0.05, 0) is 57.3 Å². The minimum atomic E-state index is -0.290. The zero-order chi connectivity index (χ0) is 19.7. The number of aryl methyl sites for hydroxylation is 3. The maximum Gasteiger partial charge on any atom is 0.341 e. The van der Waals surface area contributed by atoms with Gasteiger partial charge in [-0.25, -0.2) is 4.79 Å². The zero-order valence-corrected chi connectivity index (χ0v) is 18.1. The van der Waals surface area contributed by atoms with E-state index in [-0.39, 0.29) is 5.97 Å². The average Bonchev–Trinajstić information content (AvgIpc) is 3.12. The predicted octanol–water partition coefficient (Wildman–Crippen LogP) is 3.59. The first-order valence-electron chi connectivity index (χ1n) is 9.07. The molecular weight excluding hydrogens is 380 g/mol. The minimum Gasteiger partial charge on any atom is -0.465 e. The second kappa shape index (κ2) is 7.98. The van der Waals surface area contributed by atoms with Gasteiger partial charge in [-0.2, -0.15) is 5.10 Å². The van der Waals surface area contributed by atoms with E-state index in [1.165, 1.54) is 17.6 Å². The SMILES string of the molecule is COC(=O)c1c(NC(=S)N(C)Cc2c(C)nn(C)c2C)sc2c1CCCC2. The number of methoxy groups -OCH3 is 1. The van der Waals surface area contributed by atoms with Gasteiger partial charge in [-0.15, -0.1) is 11.3 Å². The lowest BCUT2D eigenvalue weighted by atomic mass is 9.95. The first kappa shape index (κ1) is 19.8. The molecule has 2 aromatic heterocycles. The molecule has 8 heteroatoms. The van der Waals surface area contributed by atoms with Crippen molar-refractivity contribution in [2.75, 3.05) is 19.5 Å². The Balaban J connectivity index is 1.81. The molecule has 0 atom stereocenters. The van der Waals surface area contributed by atoms with Crippen LogP contribution >= 0.6 is 23.6 Å². The van der Waals surface area contributed by atoms with Crippen molar-refractivity contribution in [3.63, 3.8) is 0 Å². The number of nitrogens with one attached hydrogen (secondary N) is 1. The quantitative estimate of drug-likeness (QED) is 0.618. The maximum atomic E-state index is 12.4. The number of carbonyl (C=O) groups excluding carboxylic acids is 1. The van der Waals surface area contributed by atoms with Crippen LogP contribution in [0.2, 0.25) is 0 Å². The fourth-order valence-electron chi connectivity index (χ4n) is 3.52. The molecular formula is C19H26N4O2S2. The van der Waals surface area contributed by atoms with Gasteiger partial charge in [0.1, 0.15) is 5.00 Å². The fraction of sp³-hybridized carbons (Fsp3) is 0.526. The molecule has 0 saturated carbocycles. The van der Waals surface area contributed by atoms with Crippen molar-refractivity contribution in [1.82, 2.24) is 14.7 Å². The summed E-state index contributed by atoms with van der Waals surface area (Å²) in [7, 11) is 5.32. The summed E-state index contributed by atoms with van der Waals surface area (Å²) in [6.45, 7) is 4.73. The van der Waals surface area contributed by atoms with Crippen LogP contribution in [-0.2, 0) is 31.2 Å². The van der Waals surface area contributed by atoms with Crippen molar-refractivity contribution in [1.29, 1.82) is 0 Å². The molecule has 0 aromatic carbocycles. The van der Waals surface area contributed by atoms with E-state index in [1.807, 2.05) is 30.6 Å². The summed E-state index contributed by atoms with van der Waals surface area (Å²) in [5, 5.41) is 9.14. The smallest absolute Gasteiger partial charge is 0.341 e. The average molecular weight is 407 g/mol. The lowest BCUT2D eigenvalue weighted by Crippen LogP contribution is -2.31. The number of nitrogens with zero attached hydrogens (tertiary/aromatic N) is 3. The molecule has 3 rings (SSSR count). The van der Waals surface area contributed by atoms with Crippen LogP contribution in [0.1, 0.15) is 50.6 Å². The molecule has 146 valence electrons. The molecule has 6 nitrogen and oxygen atoms in total. The molecule has 1 N–H and O–H groups in total. The monoisotopic (exact) mass is 406 g/mol. The molecule has 27 heavy (non-hydrogen) atoms. The van der Waals surface area contributed by atoms with Gasteiger partial charge >= 0.3 is 5.97 Å². The summed E-state index contributed by atoms with van der Waals surface area (Å²) < 4.78 is 6.92. The van der Waals surface area contributed by atoms with E-state index < -0.39 is 0 Å². The lowest BCUT2D eigenvalue weighted by molar-refractivity contribution is 0.0601. The first-order chi connectivity index (χ1) is 12.8. The van der Waals surface area contributed by atoms with Crippen LogP contribution < -0.4 is 5.32 Å². The number of fused-ring (bicyclic) bond motifs is 1. The summed E-state index contributed by atoms with van der Waals surface area (Å²) in [6, 6.07) is 0. The minimum absolute atomic E-state index is 0.290. The van der Waals surface area contributed by atoms with E-state index >= 15 is 0 Å². The topological polar surface area (TPSA) is 59.4 Å². The summed E-state index contributed by atoms with van der Waals surface area (Å²) in [4.78, 5) is 15.6. The number of thiocarbonyl (C=S) groups is 1. The van der Waals surface area contributed by atoms with Crippen LogP contribution in [0.4, 0.5) is 5.00 Å². The number of rotatable bonds is 4.